The van der Waals surface area contributed by atoms with Gasteiger partial charge in [0.1, 0.15) is 0 Å². The van der Waals surface area contributed by atoms with E-state index in [1.54, 1.807) is 0 Å². The van der Waals surface area contributed by atoms with Crippen molar-refractivity contribution in [1.29, 1.82) is 0 Å². The molecule has 1 aliphatic heterocycles. The standard InChI is InChI=1S/C29H31N3O/c1-3-4-10-23(22-11-6-5-7-12-22)17-28-30-31-29(33-28)27-16-15-24(20-32-18-21(2)19-32)25-13-8-9-14-26(25)27/h5-9,11-17,21H,3-4,10,18-20H2,1-2H3/b23-17+. The zero-order chi connectivity index (χ0) is 22.6. The SMILES string of the molecule is CCCC/C(=C\c1nnc(-c2ccc(CN3CC(C)C3)c3ccccc23)o1)c1ccccc1. The fourth-order valence-corrected chi connectivity index (χ4v) is 4.75. The third-order valence-electron chi connectivity index (χ3n) is 6.46. The van der Waals surface area contributed by atoms with E-state index in [4.69, 9.17) is 4.42 Å². The molecule has 3 aromatic carbocycles. The van der Waals surface area contributed by atoms with E-state index in [2.05, 4.69) is 89.6 Å². The Morgan fingerprint density at radius 1 is 0.970 bits per heavy atom. The molecule has 0 radical (unpaired) electrons. The van der Waals surface area contributed by atoms with Gasteiger partial charge in [-0.3, -0.25) is 4.90 Å². The van der Waals surface area contributed by atoms with Crippen LogP contribution in [0.15, 0.2) is 71.1 Å². The van der Waals surface area contributed by atoms with Gasteiger partial charge in [0, 0.05) is 31.3 Å². The van der Waals surface area contributed by atoms with Gasteiger partial charge in [0.25, 0.3) is 0 Å². The number of rotatable bonds is 8. The molecular formula is C29H31N3O. The van der Waals surface area contributed by atoms with Crippen LogP contribution in [0.3, 0.4) is 0 Å². The minimum absolute atomic E-state index is 0.558. The molecule has 0 N–H and O–H groups in total. The molecule has 0 spiro atoms. The van der Waals surface area contributed by atoms with E-state index in [1.165, 1.54) is 35.2 Å². The molecule has 1 fully saturated rings. The molecule has 4 heteroatoms. The second kappa shape index (κ2) is 9.72. The average molecular weight is 438 g/mol. The van der Waals surface area contributed by atoms with Crippen LogP contribution in [0.5, 0.6) is 0 Å². The summed E-state index contributed by atoms with van der Waals surface area (Å²) in [7, 11) is 0. The van der Waals surface area contributed by atoms with Gasteiger partial charge in [-0.1, -0.05) is 80.9 Å². The van der Waals surface area contributed by atoms with Gasteiger partial charge in [-0.15, -0.1) is 10.2 Å². The molecule has 2 heterocycles. The fraction of sp³-hybridized carbons (Fsp3) is 0.310. The Morgan fingerprint density at radius 2 is 1.73 bits per heavy atom. The van der Waals surface area contributed by atoms with E-state index in [0.717, 1.165) is 42.7 Å². The molecule has 4 nitrogen and oxygen atoms in total. The smallest absolute Gasteiger partial charge is 0.248 e. The van der Waals surface area contributed by atoms with Crippen molar-refractivity contribution in [3.8, 4) is 11.5 Å². The van der Waals surface area contributed by atoms with Crippen molar-refractivity contribution in [1.82, 2.24) is 15.1 Å². The maximum Gasteiger partial charge on any atom is 0.248 e. The topological polar surface area (TPSA) is 42.2 Å². The Bertz CT molecular complexity index is 1250. The number of hydrogen-bond donors (Lipinski definition) is 0. The van der Waals surface area contributed by atoms with Gasteiger partial charge < -0.3 is 4.42 Å². The Balaban J connectivity index is 1.47. The van der Waals surface area contributed by atoms with Gasteiger partial charge in [0.15, 0.2) is 0 Å². The monoisotopic (exact) mass is 437 g/mol. The summed E-state index contributed by atoms with van der Waals surface area (Å²) >= 11 is 0. The third kappa shape index (κ3) is 4.76. The van der Waals surface area contributed by atoms with Gasteiger partial charge in [0.2, 0.25) is 11.8 Å². The minimum Gasteiger partial charge on any atom is -0.417 e. The van der Waals surface area contributed by atoms with E-state index in [-0.39, 0.29) is 0 Å². The van der Waals surface area contributed by atoms with Gasteiger partial charge in [-0.05, 0) is 52.3 Å². The number of allylic oxidation sites excluding steroid dienone is 1. The van der Waals surface area contributed by atoms with Crippen LogP contribution < -0.4 is 0 Å². The molecular weight excluding hydrogens is 406 g/mol. The predicted octanol–water partition coefficient (Wildman–Crippen LogP) is 7.07. The van der Waals surface area contributed by atoms with E-state index in [1.807, 2.05) is 12.1 Å². The highest BCUT2D eigenvalue weighted by atomic mass is 16.4. The number of nitrogens with zero attached hydrogens (tertiary/aromatic N) is 3. The molecule has 0 atom stereocenters. The molecule has 1 saturated heterocycles. The number of likely N-dealkylation sites (tertiary alicyclic amines) is 1. The van der Waals surface area contributed by atoms with Gasteiger partial charge in [-0.2, -0.15) is 0 Å². The highest BCUT2D eigenvalue weighted by Crippen LogP contribution is 2.32. The zero-order valence-corrected chi connectivity index (χ0v) is 19.5. The molecule has 0 unspecified atom stereocenters. The molecule has 1 aliphatic rings. The van der Waals surface area contributed by atoms with E-state index in [0.29, 0.717) is 11.8 Å². The van der Waals surface area contributed by atoms with Crippen LogP contribution in [-0.2, 0) is 6.54 Å². The Morgan fingerprint density at radius 3 is 2.48 bits per heavy atom. The summed E-state index contributed by atoms with van der Waals surface area (Å²) in [6.45, 7) is 7.87. The quantitative estimate of drug-likeness (QED) is 0.296. The molecule has 168 valence electrons. The average Bonchev–Trinajstić information content (AvgIpc) is 3.29. The van der Waals surface area contributed by atoms with Crippen molar-refractivity contribution < 1.29 is 4.42 Å². The maximum atomic E-state index is 6.17. The van der Waals surface area contributed by atoms with Crippen molar-refractivity contribution in [2.45, 2.75) is 39.7 Å². The summed E-state index contributed by atoms with van der Waals surface area (Å²) in [5.74, 6) is 1.94. The molecule has 4 aromatic rings. The van der Waals surface area contributed by atoms with Crippen LogP contribution >= 0.6 is 0 Å². The lowest BCUT2D eigenvalue weighted by Gasteiger charge is -2.37. The minimum atomic E-state index is 0.558. The largest absolute Gasteiger partial charge is 0.417 e. The maximum absolute atomic E-state index is 6.17. The highest BCUT2D eigenvalue weighted by Gasteiger charge is 2.23. The first-order chi connectivity index (χ1) is 16.2. The van der Waals surface area contributed by atoms with Crippen molar-refractivity contribution in [3.63, 3.8) is 0 Å². The zero-order valence-electron chi connectivity index (χ0n) is 19.5. The molecule has 1 aromatic heterocycles. The molecule has 0 bridgehead atoms. The highest BCUT2D eigenvalue weighted by molar-refractivity contribution is 5.97. The molecule has 33 heavy (non-hydrogen) atoms. The summed E-state index contributed by atoms with van der Waals surface area (Å²) in [5.41, 5.74) is 4.79. The van der Waals surface area contributed by atoms with Crippen molar-refractivity contribution in [3.05, 3.63) is 83.7 Å². The van der Waals surface area contributed by atoms with E-state index >= 15 is 0 Å². The summed E-state index contributed by atoms with van der Waals surface area (Å²) < 4.78 is 6.17. The van der Waals surface area contributed by atoms with Crippen molar-refractivity contribution in [2.24, 2.45) is 5.92 Å². The van der Waals surface area contributed by atoms with E-state index < -0.39 is 0 Å². The first-order valence-corrected chi connectivity index (χ1v) is 12.0. The number of hydrogen-bond acceptors (Lipinski definition) is 4. The number of unbranched alkanes of at least 4 members (excludes halogenated alkanes) is 1. The Kier molecular flexibility index (Phi) is 6.36. The number of benzene rings is 3. The van der Waals surface area contributed by atoms with Crippen LogP contribution in [0, 0.1) is 5.92 Å². The van der Waals surface area contributed by atoms with Gasteiger partial charge >= 0.3 is 0 Å². The first-order valence-electron chi connectivity index (χ1n) is 12.0. The third-order valence-corrected chi connectivity index (χ3v) is 6.46. The predicted molar refractivity (Wildman–Crippen MR) is 136 cm³/mol. The summed E-state index contributed by atoms with van der Waals surface area (Å²) in [6, 6.07) is 23.4. The molecule has 5 rings (SSSR count). The first kappa shape index (κ1) is 21.6. The lowest BCUT2D eigenvalue weighted by Crippen LogP contribution is -2.44. The van der Waals surface area contributed by atoms with Crippen LogP contribution in [-0.4, -0.2) is 28.2 Å². The van der Waals surface area contributed by atoms with Crippen LogP contribution in [0.4, 0.5) is 0 Å². The Hall–Kier alpha value is -3.24. The van der Waals surface area contributed by atoms with Gasteiger partial charge in [0.05, 0.1) is 0 Å². The number of aromatic nitrogens is 2. The molecule has 0 aliphatic carbocycles. The summed E-state index contributed by atoms with van der Waals surface area (Å²) in [5, 5.41) is 11.2. The van der Waals surface area contributed by atoms with Gasteiger partial charge in [-0.25, -0.2) is 0 Å². The normalized spacial score (nSPS) is 15.2. The molecule has 0 saturated carbocycles. The molecule has 0 amide bonds. The number of fused-ring (bicyclic) bond motifs is 1. The second-order valence-electron chi connectivity index (χ2n) is 9.20. The van der Waals surface area contributed by atoms with Crippen molar-refractivity contribution in [2.75, 3.05) is 13.1 Å². The lowest BCUT2D eigenvalue weighted by atomic mass is 9.96. The summed E-state index contributed by atoms with van der Waals surface area (Å²) in [6.07, 6.45) is 5.31. The lowest BCUT2D eigenvalue weighted by molar-refractivity contribution is 0.105. The summed E-state index contributed by atoms with van der Waals surface area (Å²) in [4.78, 5) is 2.50. The second-order valence-corrected chi connectivity index (χ2v) is 9.20. The van der Waals surface area contributed by atoms with Crippen LogP contribution in [0.2, 0.25) is 0 Å². The van der Waals surface area contributed by atoms with Crippen LogP contribution in [0.1, 0.15) is 50.1 Å². The van der Waals surface area contributed by atoms with Crippen LogP contribution in [0.25, 0.3) is 33.9 Å². The Labute approximate surface area is 196 Å². The fourth-order valence-electron chi connectivity index (χ4n) is 4.75. The van der Waals surface area contributed by atoms with E-state index in [9.17, 15) is 0 Å². The van der Waals surface area contributed by atoms with Crippen molar-refractivity contribution >= 4 is 22.4 Å².